The Balaban J connectivity index is 1.45. The van der Waals surface area contributed by atoms with Gasteiger partial charge >= 0.3 is 0 Å². The highest BCUT2D eigenvalue weighted by molar-refractivity contribution is 6.15. The molecule has 2 aromatic carbocycles. The van der Waals surface area contributed by atoms with Crippen molar-refractivity contribution in [3.8, 4) is 5.88 Å². The van der Waals surface area contributed by atoms with Crippen LogP contribution in [0.25, 0.3) is 0 Å². The van der Waals surface area contributed by atoms with Crippen LogP contribution in [0.2, 0.25) is 0 Å². The van der Waals surface area contributed by atoms with Gasteiger partial charge in [-0.25, -0.2) is 4.98 Å². The van der Waals surface area contributed by atoms with E-state index < -0.39 is 0 Å². The maximum Gasteiger partial charge on any atom is 0.254 e. The maximum atomic E-state index is 13.1. The number of nitrogens with zero attached hydrogens (tertiary/aromatic N) is 2. The first-order valence-electron chi connectivity index (χ1n) is 9.78. The van der Waals surface area contributed by atoms with Crippen molar-refractivity contribution in [3.63, 3.8) is 0 Å². The van der Waals surface area contributed by atoms with Gasteiger partial charge in [0.25, 0.3) is 5.91 Å². The van der Waals surface area contributed by atoms with Crippen LogP contribution in [0.3, 0.4) is 0 Å². The van der Waals surface area contributed by atoms with Crippen molar-refractivity contribution < 1.29 is 14.3 Å². The van der Waals surface area contributed by atoms with E-state index in [9.17, 15) is 9.59 Å². The average molecular weight is 386 g/mol. The molecule has 0 N–H and O–H groups in total. The molecule has 146 valence electrons. The van der Waals surface area contributed by atoms with Crippen LogP contribution in [-0.2, 0) is 0 Å². The van der Waals surface area contributed by atoms with Gasteiger partial charge < -0.3 is 9.64 Å². The van der Waals surface area contributed by atoms with E-state index in [1.54, 1.807) is 47.5 Å². The Hall–Kier alpha value is -3.47. The number of aromatic nitrogens is 1. The number of rotatable bonds is 5. The first kappa shape index (κ1) is 18.9. The Labute approximate surface area is 170 Å². The molecule has 29 heavy (non-hydrogen) atoms. The van der Waals surface area contributed by atoms with E-state index in [-0.39, 0.29) is 17.8 Å². The second kappa shape index (κ2) is 8.69. The maximum absolute atomic E-state index is 13.1. The van der Waals surface area contributed by atoms with Crippen molar-refractivity contribution in [2.75, 3.05) is 13.1 Å². The Morgan fingerprint density at radius 1 is 0.828 bits per heavy atom. The molecule has 5 heteroatoms. The highest BCUT2D eigenvalue weighted by Gasteiger charge is 2.27. The van der Waals surface area contributed by atoms with E-state index in [1.807, 2.05) is 36.4 Å². The predicted molar refractivity (Wildman–Crippen MR) is 110 cm³/mol. The minimum Gasteiger partial charge on any atom is -0.474 e. The number of carbonyl (C=O) groups is 2. The van der Waals surface area contributed by atoms with Crippen LogP contribution in [0.15, 0.2) is 79.0 Å². The quantitative estimate of drug-likeness (QED) is 0.622. The van der Waals surface area contributed by atoms with Gasteiger partial charge in [0, 0.05) is 49.3 Å². The van der Waals surface area contributed by atoms with Gasteiger partial charge in [-0.3, -0.25) is 9.59 Å². The molecule has 1 aliphatic heterocycles. The van der Waals surface area contributed by atoms with E-state index in [2.05, 4.69) is 4.98 Å². The SMILES string of the molecule is O=C(c1ccccc1)c1ccccc1C(=O)N1CCC(Oc2ccccn2)CC1. The van der Waals surface area contributed by atoms with Gasteiger partial charge in [-0.05, 0) is 12.1 Å². The monoisotopic (exact) mass is 386 g/mol. The molecule has 1 aromatic heterocycles. The number of pyridine rings is 1. The molecule has 1 amide bonds. The van der Waals surface area contributed by atoms with Gasteiger partial charge in [-0.15, -0.1) is 0 Å². The number of ether oxygens (including phenoxy) is 1. The zero-order chi connectivity index (χ0) is 20.1. The summed E-state index contributed by atoms with van der Waals surface area (Å²) in [5.74, 6) is 0.361. The average Bonchev–Trinajstić information content (AvgIpc) is 2.80. The van der Waals surface area contributed by atoms with Crippen molar-refractivity contribution in [2.24, 2.45) is 0 Å². The van der Waals surface area contributed by atoms with Gasteiger partial charge in [-0.2, -0.15) is 0 Å². The van der Waals surface area contributed by atoms with Crippen LogP contribution >= 0.6 is 0 Å². The molecule has 0 saturated carbocycles. The summed E-state index contributed by atoms with van der Waals surface area (Å²) in [6, 6.07) is 21.7. The molecule has 0 spiro atoms. The summed E-state index contributed by atoms with van der Waals surface area (Å²) in [6.45, 7) is 1.17. The largest absolute Gasteiger partial charge is 0.474 e. The van der Waals surface area contributed by atoms with E-state index in [1.165, 1.54) is 0 Å². The minimum atomic E-state index is -0.136. The second-order valence-electron chi connectivity index (χ2n) is 7.02. The molecule has 4 rings (SSSR count). The normalized spacial score (nSPS) is 14.4. The van der Waals surface area contributed by atoms with Crippen LogP contribution in [0, 0.1) is 0 Å². The summed E-state index contributed by atoms with van der Waals surface area (Å²) in [6.07, 6.45) is 3.21. The fraction of sp³-hybridized carbons (Fsp3) is 0.208. The Morgan fingerprint density at radius 3 is 2.17 bits per heavy atom. The fourth-order valence-corrected chi connectivity index (χ4v) is 3.55. The lowest BCUT2D eigenvalue weighted by molar-refractivity contribution is 0.0585. The Kier molecular flexibility index (Phi) is 5.66. The van der Waals surface area contributed by atoms with Crippen LogP contribution in [0.5, 0.6) is 5.88 Å². The molecule has 3 aromatic rings. The standard InChI is InChI=1S/C24H22N2O3/c27-23(18-8-2-1-3-9-18)20-10-4-5-11-21(20)24(28)26-16-13-19(14-17-26)29-22-12-6-7-15-25-22/h1-12,15,19H,13-14,16-17H2. The highest BCUT2D eigenvalue weighted by atomic mass is 16.5. The molecular formula is C24H22N2O3. The number of ketones is 1. The lowest BCUT2D eigenvalue weighted by Gasteiger charge is -2.32. The van der Waals surface area contributed by atoms with Gasteiger partial charge in [-0.1, -0.05) is 54.6 Å². The summed E-state index contributed by atoms with van der Waals surface area (Å²) in [7, 11) is 0. The lowest BCUT2D eigenvalue weighted by Crippen LogP contribution is -2.42. The van der Waals surface area contributed by atoms with E-state index in [0.29, 0.717) is 35.7 Å². The zero-order valence-electron chi connectivity index (χ0n) is 16.0. The van der Waals surface area contributed by atoms with Gasteiger partial charge in [0.15, 0.2) is 5.78 Å². The molecule has 0 radical (unpaired) electrons. The molecule has 1 saturated heterocycles. The zero-order valence-corrected chi connectivity index (χ0v) is 16.0. The van der Waals surface area contributed by atoms with Crippen LogP contribution < -0.4 is 4.74 Å². The van der Waals surface area contributed by atoms with Gasteiger partial charge in [0.2, 0.25) is 5.88 Å². The third-order valence-corrected chi connectivity index (χ3v) is 5.09. The van der Waals surface area contributed by atoms with E-state index in [0.717, 1.165) is 12.8 Å². The summed E-state index contributed by atoms with van der Waals surface area (Å²) in [5.41, 5.74) is 1.47. The highest BCUT2D eigenvalue weighted by Crippen LogP contribution is 2.21. The predicted octanol–water partition coefficient (Wildman–Crippen LogP) is 4.00. The lowest BCUT2D eigenvalue weighted by atomic mass is 9.97. The number of piperidine rings is 1. The molecule has 0 atom stereocenters. The minimum absolute atomic E-state index is 0.0372. The fourth-order valence-electron chi connectivity index (χ4n) is 3.55. The Morgan fingerprint density at radius 2 is 1.48 bits per heavy atom. The number of likely N-dealkylation sites (tertiary alicyclic amines) is 1. The van der Waals surface area contributed by atoms with Crippen LogP contribution in [0.4, 0.5) is 0 Å². The van der Waals surface area contributed by atoms with E-state index in [4.69, 9.17) is 4.74 Å². The van der Waals surface area contributed by atoms with E-state index >= 15 is 0 Å². The molecular weight excluding hydrogens is 364 g/mol. The molecule has 5 nitrogen and oxygen atoms in total. The number of benzene rings is 2. The summed E-state index contributed by atoms with van der Waals surface area (Å²) in [4.78, 5) is 32.0. The van der Waals surface area contributed by atoms with Crippen LogP contribution in [0.1, 0.15) is 39.1 Å². The molecule has 1 aliphatic rings. The van der Waals surface area contributed by atoms with Crippen molar-refractivity contribution in [1.82, 2.24) is 9.88 Å². The molecule has 0 unspecified atom stereocenters. The topological polar surface area (TPSA) is 59.5 Å². The van der Waals surface area contributed by atoms with Crippen molar-refractivity contribution in [1.29, 1.82) is 0 Å². The third-order valence-electron chi connectivity index (χ3n) is 5.09. The van der Waals surface area contributed by atoms with Crippen molar-refractivity contribution in [3.05, 3.63) is 95.7 Å². The number of hydrogen-bond donors (Lipinski definition) is 0. The molecule has 2 heterocycles. The van der Waals surface area contributed by atoms with Crippen molar-refractivity contribution in [2.45, 2.75) is 18.9 Å². The number of carbonyl (C=O) groups excluding carboxylic acids is 2. The Bertz CT molecular complexity index is 981. The summed E-state index contributed by atoms with van der Waals surface area (Å²) in [5, 5.41) is 0. The smallest absolute Gasteiger partial charge is 0.254 e. The molecule has 1 fully saturated rings. The summed E-state index contributed by atoms with van der Waals surface area (Å²) < 4.78 is 5.91. The first-order valence-corrected chi connectivity index (χ1v) is 9.78. The number of hydrogen-bond acceptors (Lipinski definition) is 4. The third kappa shape index (κ3) is 4.35. The van der Waals surface area contributed by atoms with Gasteiger partial charge in [0.05, 0.1) is 5.56 Å². The molecule has 0 bridgehead atoms. The first-order chi connectivity index (χ1) is 14.2. The molecule has 0 aliphatic carbocycles. The van der Waals surface area contributed by atoms with Crippen molar-refractivity contribution >= 4 is 11.7 Å². The van der Waals surface area contributed by atoms with Gasteiger partial charge in [0.1, 0.15) is 6.10 Å². The van der Waals surface area contributed by atoms with Crippen LogP contribution in [-0.4, -0.2) is 40.8 Å². The summed E-state index contributed by atoms with van der Waals surface area (Å²) >= 11 is 0. The number of amides is 1. The second-order valence-corrected chi connectivity index (χ2v) is 7.02.